The minimum Gasteiger partial charge on any atom is -0.461 e. The number of nitrogens with one attached hydrogen (secondary N) is 2. The average Bonchev–Trinajstić information content (AvgIpc) is 3.18. The van der Waals surface area contributed by atoms with Crippen molar-refractivity contribution in [3.63, 3.8) is 0 Å². The fourth-order valence-corrected chi connectivity index (χ4v) is 4.26. The van der Waals surface area contributed by atoms with Crippen molar-refractivity contribution in [2.45, 2.75) is 38.5 Å². The Morgan fingerprint density at radius 3 is 2.53 bits per heavy atom. The molecule has 2 heterocycles. The van der Waals surface area contributed by atoms with E-state index in [-0.39, 0.29) is 23.6 Å². The number of hydrogen-bond donors (Lipinski definition) is 2. The smallest absolute Gasteiger partial charge is 0.340 e. The van der Waals surface area contributed by atoms with Crippen molar-refractivity contribution >= 4 is 5.97 Å². The Morgan fingerprint density at radius 1 is 1.10 bits per heavy atom. The standard InChI is InChI=1S/C23H26N4O3/c28-21(30-16-17-8-3-1-4-9-17)14-19-12-7-13-27(15-20-24-23(29)26-25-20)22(19)18-10-5-2-6-11-18/h1-6,8-11,19,22H,7,12-16H2,(H2,24,25,26,29)/t19-,22+/m1/s1. The average molecular weight is 406 g/mol. The topological polar surface area (TPSA) is 91.1 Å². The third kappa shape index (κ3) is 5.04. The SMILES string of the molecule is O=C(C[C@H]1CCCN(Cc2n[nH]c(=O)[nH]2)[C@H]1c1ccccc1)OCc1ccccc1. The predicted octanol–water partition coefficient (Wildman–Crippen LogP) is 3.18. The van der Waals surface area contributed by atoms with Crippen LogP contribution in [0.4, 0.5) is 0 Å². The number of hydrogen-bond acceptors (Lipinski definition) is 5. The van der Waals surface area contributed by atoms with Crippen LogP contribution >= 0.6 is 0 Å². The molecule has 1 aliphatic heterocycles. The molecule has 0 unspecified atom stereocenters. The highest BCUT2D eigenvalue weighted by atomic mass is 16.5. The molecule has 2 atom stereocenters. The maximum atomic E-state index is 12.6. The van der Waals surface area contributed by atoms with Crippen molar-refractivity contribution in [1.29, 1.82) is 0 Å². The zero-order valence-electron chi connectivity index (χ0n) is 16.8. The molecule has 1 aromatic heterocycles. The largest absolute Gasteiger partial charge is 0.461 e. The van der Waals surface area contributed by atoms with E-state index in [9.17, 15) is 9.59 Å². The van der Waals surface area contributed by atoms with Gasteiger partial charge in [0.2, 0.25) is 0 Å². The second kappa shape index (κ2) is 9.54. The van der Waals surface area contributed by atoms with E-state index >= 15 is 0 Å². The molecule has 0 spiro atoms. The van der Waals surface area contributed by atoms with Gasteiger partial charge < -0.3 is 4.74 Å². The second-order valence-corrected chi connectivity index (χ2v) is 7.70. The number of rotatable bonds is 7. The number of likely N-dealkylation sites (tertiary alicyclic amines) is 1. The van der Waals surface area contributed by atoms with Gasteiger partial charge in [-0.2, -0.15) is 5.10 Å². The van der Waals surface area contributed by atoms with Crippen LogP contribution in [0.1, 0.15) is 42.3 Å². The van der Waals surface area contributed by atoms with Crippen molar-refractivity contribution in [3.8, 4) is 0 Å². The van der Waals surface area contributed by atoms with Gasteiger partial charge in [-0.3, -0.25) is 14.7 Å². The fourth-order valence-electron chi connectivity index (χ4n) is 4.26. The molecule has 0 bridgehead atoms. The lowest BCUT2D eigenvalue weighted by atomic mass is 9.82. The molecule has 0 saturated carbocycles. The van der Waals surface area contributed by atoms with Gasteiger partial charge in [-0.1, -0.05) is 60.7 Å². The van der Waals surface area contributed by atoms with Gasteiger partial charge in [-0.05, 0) is 36.4 Å². The van der Waals surface area contributed by atoms with Crippen LogP contribution in [0.15, 0.2) is 65.5 Å². The molecule has 0 amide bonds. The van der Waals surface area contributed by atoms with Gasteiger partial charge in [-0.15, -0.1) is 0 Å². The summed E-state index contributed by atoms with van der Waals surface area (Å²) in [7, 11) is 0. The molecule has 3 aromatic rings. The van der Waals surface area contributed by atoms with Crippen LogP contribution in [-0.2, 0) is 22.7 Å². The number of aromatic amines is 2. The number of H-pyrrole nitrogens is 2. The summed E-state index contributed by atoms with van der Waals surface area (Å²) in [6.07, 6.45) is 2.29. The van der Waals surface area contributed by atoms with Crippen LogP contribution in [0.5, 0.6) is 0 Å². The van der Waals surface area contributed by atoms with Gasteiger partial charge in [0.05, 0.1) is 13.0 Å². The van der Waals surface area contributed by atoms with E-state index in [0.29, 0.717) is 25.4 Å². The van der Waals surface area contributed by atoms with E-state index in [2.05, 4.69) is 32.2 Å². The van der Waals surface area contributed by atoms with Crippen LogP contribution in [-0.4, -0.2) is 32.6 Å². The Morgan fingerprint density at radius 2 is 1.83 bits per heavy atom. The lowest BCUT2D eigenvalue weighted by Gasteiger charge is -2.41. The third-order valence-electron chi connectivity index (χ3n) is 5.58. The lowest BCUT2D eigenvalue weighted by Crippen LogP contribution is -2.39. The molecule has 0 aliphatic carbocycles. The number of carbonyl (C=O) groups is 1. The molecule has 30 heavy (non-hydrogen) atoms. The van der Waals surface area contributed by atoms with E-state index < -0.39 is 0 Å². The summed E-state index contributed by atoms with van der Waals surface area (Å²) >= 11 is 0. The minimum atomic E-state index is -0.306. The Hall–Kier alpha value is -3.19. The maximum absolute atomic E-state index is 12.6. The molecule has 156 valence electrons. The molecule has 0 radical (unpaired) electrons. The number of esters is 1. The van der Waals surface area contributed by atoms with Crippen molar-refractivity contribution in [2.24, 2.45) is 5.92 Å². The minimum absolute atomic E-state index is 0.0597. The zero-order valence-corrected chi connectivity index (χ0v) is 16.8. The Balaban J connectivity index is 1.48. The molecule has 2 aromatic carbocycles. The highest BCUT2D eigenvalue weighted by Crippen LogP contribution is 2.38. The lowest BCUT2D eigenvalue weighted by molar-refractivity contribution is -0.147. The first kappa shape index (κ1) is 20.1. The van der Waals surface area contributed by atoms with Crippen LogP contribution in [0.25, 0.3) is 0 Å². The molecule has 1 aliphatic rings. The van der Waals surface area contributed by atoms with Crippen molar-refractivity contribution < 1.29 is 9.53 Å². The van der Waals surface area contributed by atoms with Crippen LogP contribution in [0.2, 0.25) is 0 Å². The van der Waals surface area contributed by atoms with Gasteiger partial charge in [0.1, 0.15) is 12.4 Å². The third-order valence-corrected chi connectivity index (χ3v) is 5.58. The van der Waals surface area contributed by atoms with E-state index in [1.54, 1.807) is 0 Å². The fraction of sp³-hybridized carbons (Fsp3) is 0.348. The number of piperidine rings is 1. The van der Waals surface area contributed by atoms with E-state index in [1.165, 1.54) is 0 Å². The summed E-state index contributed by atoms with van der Waals surface area (Å²) in [5.41, 5.74) is 1.84. The highest BCUT2D eigenvalue weighted by Gasteiger charge is 2.34. The summed E-state index contributed by atoms with van der Waals surface area (Å²) in [6.45, 7) is 1.69. The molecule has 7 heteroatoms. The molecular weight excluding hydrogens is 380 g/mol. The first-order valence-corrected chi connectivity index (χ1v) is 10.3. The number of benzene rings is 2. The van der Waals surface area contributed by atoms with Crippen molar-refractivity contribution in [3.05, 3.63) is 88.1 Å². The molecule has 4 rings (SSSR count). The Bertz CT molecular complexity index is 1000. The van der Waals surface area contributed by atoms with Crippen molar-refractivity contribution in [2.75, 3.05) is 6.54 Å². The van der Waals surface area contributed by atoms with Crippen LogP contribution in [0.3, 0.4) is 0 Å². The van der Waals surface area contributed by atoms with Gasteiger partial charge in [0, 0.05) is 6.04 Å². The molecule has 7 nitrogen and oxygen atoms in total. The van der Waals surface area contributed by atoms with Crippen LogP contribution < -0.4 is 5.69 Å². The van der Waals surface area contributed by atoms with Crippen molar-refractivity contribution in [1.82, 2.24) is 20.1 Å². The van der Waals surface area contributed by atoms with E-state index in [1.807, 2.05) is 48.5 Å². The number of nitrogens with zero attached hydrogens (tertiary/aromatic N) is 2. The van der Waals surface area contributed by atoms with Crippen LogP contribution in [0, 0.1) is 5.92 Å². The molecular formula is C23H26N4O3. The summed E-state index contributed by atoms with van der Waals surface area (Å²) < 4.78 is 5.55. The molecule has 1 fully saturated rings. The van der Waals surface area contributed by atoms with Gasteiger partial charge >= 0.3 is 11.7 Å². The Labute approximate surface area is 175 Å². The van der Waals surface area contributed by atoms with Gasteiger partial charge in [0.15, 0.2) is 0 Å². The number of carbonyl (C=O) groups excluding carboxylic acids is 1. The van der Waals surface area contributed by atoms with E-state index in [4.69, 9.17) is 4.74 Å². The second-order valence-electron chi connectivity index (χ2n) is 7.70. The number of ether oxygens (including phenoxy) is 1. The summed E-state index contributed by atoms with van der Waals surface area (Å²) in [4.78, 5) is 29.1. The van der Waals surface area contributed by atoms with Gasteiger partial charge in [-0.25, -0.2) is 9.89 Å². The highest BCUT2D eigenvalue weighted by molar-refractivity contribution is 5.69. The van der Waals surface area contributed by atoms with Gasteiger partial charge in [0.25, 0.3) is 0 Å². The van der Waals surface area contributed by atoms with E-state index in [0.717, 1.165) is 30.5 Å². The quantitative estimate of drug-likeness (QED) is 0.588. The maximum Gasteiger partial charge on any atom is 0.340 e. The summed E-state index contributed by atoms with van der Waals surface area (Å²) in [5, 5.41) is 6.49. The monoisotopic (exact) mass is 406 g/mol. The predicted molar refractivity (Wildman–Crippen MR) is 112 cm³/mol. The first-order chi connectivity index (χ1) is 14.7. The molecule has 1 saturated heterocycles. The zero-order chi connectivity index (χ0) is 20.8. The summed E-state index contributed by atoms with van der Waals surface area (Å²) in [5.74, 6) is 0.558. The number of aromatic nitrogens is 3. The first-order valence-electron chi connectivity index (χ1n) is 10.3. The molecule has 2 N–H and O–H groups in total. The Kier molecular flexibility index (Phi) is 6.39. The normalized spacial score (nSPS) is 19.5. The summed E-state index contributed by atoms with van der Waals surface area (Å²) in [6, 6.07) is 20.0.